The van der Waals surface area contributed by atoms with Gasteiger partial charge in [-0.3, -0.25) is 0 Å². The molecule has 5 nitrogen and oxygen atoms in total. The van der Waals surface area contributed by atoms with Gasteiger partial charge < -0.3 is 15.8 Å². The smallest absolute Gasteiger partial charge is 0.223 e. The summed E-state index contributed by atoms with van der Waals surface area (Å²) in [6.45, 7) is 1.78. The molecule has 2 rings (SSSR count). The van der Waals surface area contributed by atoms with Crippen LogP contribution in [-0.4, -0.2) is 23.1 Å². The second-order valence-electron chi connectivity index (χ2n) is 3.90. The number of ether oxygens (including phenoxy) is 1. The molecule has 1 heterocycles. The Labute approximate surface area is 116 Å². The predicted octanol–water partition coefficient (Wildman–Crippen LogP) is 2.34. The minimum Gasteiger partial charge on any atom is -0.375 e. The molecule has 0 amide bonds. The van der Waals surface area contributed by atoms with E-state index in [1.807, 2.05) is 30.3 Å². The molecule has 6 heteroatoms. The van der Waals surface area contributed by atoms with Gasteiger partial charge in [0.1, 0.15) is 11.0 Å². The standard InChI is InChI=1S/C13H15ClN4O/c14-11-8-12(18-13(15)17-11)16-6-7-19-9-10-4-2-1-3-5-10/h1-5,8H,6-7,9H2,(H3,15,16,17,18). The third-order valence-corrected chi connectivity index (χ3v) is 2.57. The molecule has 3 N–H and O–H groups in total. The maximum absolute atomic E-state index is 5.77. The summed E-state index contributed by atoms with van der Waals surface area (Å²) >= 11 is 5.77. The van der Waals surface area contributed by atoms with E-state index < -0.39 is 0 Å². The minimum absolute atomic E-state index is 0.153. The van der Waals surface area contributed by atoms with Crippen LogP contribution in [0.5, 0.6) is 0 Å². The molecule has 0 radical (unpaired) electrons. The van der Waals surface area contributed by atoms with Crippen LogP contribution in [0, 0.1) is 0 Å². The summed E-state index contributed by atoms with van der Waals surface area (Å²) in [4.78, 5) is 7.78. The van der Waals surface area contributed by atoms with Gasteiger partial charge in [0, 0.05) is 12.6 Å². The number of nitrogens with one attached hydrogen (secondary N) is 1. The van der Waals surface area contributed by atoms with Gasteiger partial charge in [0.2, 0.25) is 5.95 Å². The molecule has 0 aliphatic heterocycles. The number of nitrogen functional groups attached to an aromatic ring is 1. The zero-order valence-electron chi connectivity index (χ0n) is 10.3. The van der Waals surface area contributed by atoms with Gasteiger partial charge in [0.15, 0.2) is 0 Å². The van der Waals surface area contributed by atoms with Crippen LogP contribution in [0.3, 0.4) is 0 Å². The van der Waals surface area contributed by atoms with Crippen molar-refractivity contribution in [2.24, 2.45) is 0 Å². The molecular weight excluding hydrogens is 264 g/mol. The fourth-order valence-electron chi connectivity index (χ4n) is 1.54. The van der Waals surface area contributed by atoms with Crippen molar-refractivity contribution in [3.63, 3.8) is 0 Å². The number of aromatic nitrogens is 2. The maximum atomic E-state index is 5.77. The molecule has 0 saturated heterocycles. The van der Waals surface area contributed by atoms with Crippen molar-refractivity contribution in [2.75, 3.05) is 24.2 Å². The van der Waals surface area contributed by atoms with Gasteiger partial charge in [0.05, 0.1) is 13.2 Å². The number of hydrogen-bond donors (Lipinski definition) is 2. The van der Waals surface area contributed by atoms with Crippen LogP contribution in [0.25, 0.3) is 0 Å². The van der Waals surface area contributed by atoms with Crippen LogP contribution in [0.4, 0.5) is 11.8 Å². The number of anilines is 2. The molecule has 0 unspecified atom stereocenters. The molecule has 0 aliphatic rings. The summed E-state index contributed by atoms with van der Waals surface area (Å²) in [7, 11) is 0. The molecule has 0 bridgehead atoms. The van der Waals surface area contributed by atoms with E-state index in [0.29, 0.717) is 30.7 Å². The third kappa shape index (κ3) is 4.73. The largest absolute Gasteiger partial charge is 0.375 e. The first-order valence-corrected chi connectivity index (χ1v) is 6.27. The van der Waals surface area contributed by atoms with Crippen LogP contribution in [0.1, 0.15) is 5.56 Å². The Bertz CT molecular complexity index is 501. The summed E-state index contributed by atoms with van der Waals surface area (Å²) in [5, 5.41) is 3.39. The number of benzene rings is 1. The number of rotatable bonds is 6. The Morgan fingerprint density at radius 2 is 2.00 bits per heavy atom. The lowest BCUT2D eigenvalue weighted by Crippen LogP contribution is -2.11. The maximum Gasteiger partial charge on any atom is 0.223 e. The van der Waals surface area contributed by atoms with Gasteiger partial charge in [-0.25, -0.2) is 4.98 Å². The SMILES string of the molecule is Nc1nc(Cl)cc(NCCOCc2ccccc2)n1. The monoisotopic (exact) mass is 278 g/mol. The molecule has 2 aromatic rings. The summed E-state index contributed by atoms with van der Waals surface area (Å²) in [6, 6.07) is 11.6. The molecule has 0 fully saturated rings. The highest BCUT2D eigenvalue weighted by Gasteiger charge is 1.99. The minimum atomic E-state index is 0.153. The van der Waals surface area contributed by atoms with Crippen molar-refractivity contribution >= 4 is 23.4 Å². The number of nitrogens with zero attached hydrogens (tertiary/aromatic N) is 2. The second-order valence-corrected chi connectivity index (χ2v) is 4.29. The Kier molecular flexibility index (Phi) is 4.94. The Morgan fingerprint density at radius 1 is 1.21 bits per heavy atom. The molecule has 0 atom stereocenters. The third-order valence-electron chi connectivity index (χ3n) is 2.38. The van der Waals surface area contributed by atoms with Crippen molar-refractivity contribution in [3.8, 4) is 0 Å². The van der Waals surface area contributed by atoms with Crippen molar-refractivity contribution in [1.82, 2.24) is 9.97 Å². The molecule has 1 aromatic heterocycles. The van der Waals surface area contributed by atoms with Crippen molar-refractivity contribution < 1.29 is 4.74 Å². The molecule has 100 valence electrons. The molecule has 1 aromatic carbocycles. The van der Waals surface area contributed by atoms with E-state index in [9.17, 15) is 0 Å². The molecule has 19 heavy (non-hydrogen) atoms. The number of hydrogen-bond acceptors (Lipinski definition) is 5. The average Bonchev–Trinajstić information content (AvgIpc) is 2.38. The van der Waals surface area contributed by atoms with Crippen molar-refractivity contribution in [3.05, 3.63) is 47.1 Å². The Morgan fingerprint density at radius 3 is 2.74 bits per heavy atom. The lowest BCUT2D eigenvalue weighted by Gasteiger charge is -2.07. The first kappa shape index (κ1) is 13.6. The quantitative estimate of drug-likeness (QED) is 0.627. The summed E-state index contributed by atoms with van der Waals surface area (Å²) in [5.74, 6) is 0.751. The normalized spacial score (nSPS) is 10.4. The van der Waals surface area contributed by atoms with E-state index >= 15 is 0 Å². The Hall–Kier alpha value is -1.85. The van der Waals surface area contributed by atoms with E-state index in [0.717, 1.165) is 5.56 Å². The van der Waals surface area contributed by atoms with Crippen LogP contribution in [0.15, 0.2) is 36.4 Å². The molecule has 0 saturated carbocycles. The van der Waals surface area contributed by atoms with Gasteiger partial charge in [-0.15, -0.1) is 0 Å². The van der Waals surface area contributed by atoms with E-state index in [1.54, 1.807) is 6.07 Å². The van der Waals surface area contributed by atoms with Gasteiger partial charge in [-0.1, -0.05) is 41.9 Å². The first-order chi connectivity index (χ1) is 9.24. The summed E-state index contributed by atoms with van der Waals surface area (Å²) in [6.07, 6.45) is 0. The topological polar surface area (TPSA) is 73.1 Å². The fraction of sp³-hybridized carbons (Fsp3) is 0.231. The van der Waals surface area contributed by atoms with E-state index in [1.165, 1.54) is 0 Å². The second kappa shape index (κ2) is 6.92. The lowest BCUT2D eigenvalue weighted by molar-refractivity contribution is 0.130. The molecule has 0 aliphatic carbocycles. The molecule has 0 spiro atoms. The summed E-state index contributed by atoms with van der Waals surface area (Å²) in [5.41, 5.74) is 6.64. The lowest BCUT2D eigenvalue weighted by atomic mass is 10.2. The predicted molar refractivity (Wildman–Crippen MR) is 76.0 cm³/mol. The van der Waals surface area contributed by atoms with Crippen LogP contribution >= 0.6 is 11.6 Å². The Balaban J connectivity index is 1.69. The zero-order chi connectivity index (χ0) is 13.5. The van der Waals surface area contributed by atoms with Gasteiger partial charge in [-0.2, -0.15) is 4.98 Å². The van der Waals surface area contributed by atoms with Gasteiger partial charge >= 0.3 is 0 Å². The highest BCUT2D eigenvalue weighted by molar-refractivity contribution is 6.29. The van der Waals surface area contributed by atoms with E-state index in [4.69, 9.17) is 22.1 Å². The van der Waals surface area contributed by atoms with Gasteiger partial charge in [-0.05, 0) is 5.56 Å². The number of halogens is 1. The average molecular weight is 279 g/mol. The van der Waals surface area contributed by atoms with Crippen molar-refractivity contribution in [1.29, 1.82) is 0 Å². The van der Waals surface area contributed by atoms with Gasteiger partial charge in [0.25, 0.3) is 0 Å². The van der Waals surface area contributed by atoms with Crippen LogP contribution in [0.2, 0.25) is 5.15 Å². The first-order valence-electron chi connectivity index (χ1n) is 5.89. The van der Waals surface area contributed by atoms with E-state index in [-0.39, 0.29) is 5.95 Å². The fourth-order valence-corrected chi connectivity index (χ4v) is 1.73. The van der Waals surface area contributed by atoms with Crippen LogP contribution < -0.4 is 11.1 Å². The van der Waals surface area contributed by atoms with Crippen LogP contribution in [-0.2, 0) is 11.3 Å². The van der Waals surface area contributed by atoms with Crippen molar-refractivity contribution in [2.45, 2.75) is 6.61 Å². The highest BCUT2D eigenvalue weighted by atomic mass is 35.5. The number of nitrogens with two attached hydrogens (primary N) is 1. The highest BCUT2D eigenvalue weighted by Crippen LogP contribution is 2.11. The zero-order valence-corrected chi connectivity index (χ0v) is 11.1. The van der Waals surface area contributed by atoms with E-state index in [2.05, 4.69) is 15.3 Å². The summed E-state index contributed by atoms with van der Waals surface area (Å²) < 4.78 is 5.53. The molecular formula is C13H15ClN4O.